The molecule has 8 heteroatoms. The number of rotatable bonds is 17. The summed E-state index contributed by atoms with van der Waals surface area (Å²) in [6, 6.07) is 9.93. The monoisotopic (exact) mass is 592 g/mol. The Hall–Kier alpha value is -1.45. The lowest BCUT2D eigenvalue weighted by Crippen LogP contribution is -2.45. The summed E-state index contributed by atoms with van der Waals surface area (Å²) in [6.45, 7) is 12.6. The summed E-state index contributed by atoms with van der Waals surface area (Å²) in [4.78, 5) is 10.8. The molecule has 0 amide bonds. The number of carbonyl (C=O) groups is 1. The van der Waals surface area contributed by atoms with Gasteiger partial charge in [0.05, 0.1) is 18.3 Å². The summed E-state index contributed by atoms with van der Waals surface area (Å²) >= 11 is 0. The van der Waals surface area contributed by atoms with Crippen molar-refractivity contribution in [2.75, 3.05) is 13.2 Å². The molecule has 1 saturated carbocycles. The van der Waals surface area contributed by atoms with Crippen LogP contribution in [0.4, 0.5) is 0 Å². The molecule has 3 unspecified atom stereocenters. The van der Waals surface area contributed by atoms with E-state index in [2.05, 4.69) is 33.9 Å². The zero-order valence-electron chi connectivity index (χ0n) is 26.2. The largest absolute Gasteiger partial charge is 0.491 e. The molecule has 1 aliphatic heterocycles. The Morgan fingerprint density at radius 2 is 1.78 bits per heavy atom. The molecule has 2 fully saturated rings. The number of aliphatic carboxylic acids is 1. The van der Waals surface area contributed by atoms with Gasteiger partial charge in [0.15, 0.2) is 14.6 Å². The van der Waals surface area contributed by atoms with Crippen LogP contribution >= 0.6 is 0 Å². The highest BCUT2D eigenvalue weighted by atomic mass is 28.4. The van der Waals surface area contributed by atoms with Gasteiger partial charge in [0.1, 0.15) is 12.4 Å². The van der Waals surface area contributed by atoms with Crippen LogP contribution in [0.3, 0.4) is 0 Å². The summed E-state index contributed by atoms with van der Waals surface area (Å²) in [6.07, 6.45) is 9.60. The van der Waals surface area contributed by atoms with E-state index in [1.807, 2.05) is 30.3 Å². The predicted molar refractivity (Wildman–Crippen MR) is 165 cm³/mol. The summed E-state index contributed by atoms with van der Waals surface area (Å²) in [5, 5.41) is 20.2. The van der Waals surface area contributed by atoms with E-state index in [4.69, 9.17) is 23.7 Å². The first kappa shape index (κ1) is 34.0. The molecule has 2 aliphatic rings. The van der Waals surface area contributed by atoms with E-state index >= 15 is 0 Å². The van der Waals surface area contributed by atoms with Gasteiger partial charge in [-0.25, -0.2) is 0 Å². The van der Waals surface area contributed by atoms with Crippen LogP contribution in [0.2, 0.25) is 18.1 Å². The zero-order valence-corrected chi connectivity index (χ0v) is 27.2. The van der Waals surface area contributed by atoms with Crippen molar-refractivity contribution < 1.29 is 33.6 Å². The van der Waals surface area contributed by atoms with Crippen LogP contribution in [0.25, 0.3) is 0 Å². The van der Waals surface area contributed by atoms with E-state index in [1.54, 1.807) is 0 Å². The van der Waals surface area contributed by atoms with Crippen LogP contribution in [0.5, 0.6) is 5.75 Å². The Labute approximate surface area is 249 Å². The number of carboxylic acids is 1. The van der Waals surface area contributed by atoms with Crippen LogP contribution in [0, 0.1) is 11.8 Å². The quantitative estimate of drug-likeness (QED) is 0.142. The third kappa shape index (κ3) is 11.3. The van der Waals surface area contributed by atoms with E-state index in [0.29, 0.717) is 19.4 Å². The van der Waals surface area contributed by atoms with Gasteiger partial charge in [-0.05, 0) is 87.0 Å². The average molecular weight is 593 g/mol. The Morgan fingerprint density at radius 3 is 2.44 bits per heavy atom. The summed E-state index contributed by atoms with van der Waals surface area (Å²) < 4.78 is 25.6. The lowest BCUT2D eigenvalue weighted by atomic mass is 9.84. The van der Waals surface area contributed by atoms with Crippen molar-refractivity contribution in [3.05, 3.63) is 30.3 Å². The van der Waals surface area contributed by atoms with Crippen molar-refractivity contribution in [2.24, 2.45) is 11.8 Å². The molecule has 1 aliphatic carbocycles. The third-order valence-corrected chi connectivity index (χ3v) is 13.9. The summed E-state index contributed by atoms with van der Waals surface area (Å²) in [5.74, 6) is 0.499. The van der Waals surface area contributed by atoms with Crippen LogP contribution in [-0.2, 0) is 18.7 Å². The summed E-state index contributed by atoms with van der Waals surface area (Å²) in [5.41, 5.74) is 0. The highest BCUT2D eigenvalue weighted by molar-refractivity contribution is 6.74. The van der Waals surface area contributed by atoms with Crippen LogP contribution < -0.4 is 4.74 Å². The van der Waals surface area contributed by atoms with Gasteiger partial charge in [-0.15, -0.1) is 0 Å². The van der Waals surface area contributed by atoms with Gasteiger partial charge in [0.2, 0.25) is 0 Å². The Kier molecular flexibility index (Phi) is 13.6. The molecule has 7 nitrogen and oxygen atoms in total. The maximum atomic E-state index is 11.2. The predicted octanol–water partition coefficient (Wildman–Crippen LogP) is 7.57. The molecule has 0 spiro atoms. The molecule has 1 aromatic rings. The fraction of sp³-hybridized carbons (Fsp3) is 0.788. The number of para-hydroxylation sites is 1. The Morgan fingerprint density at radius 1 is 1.05 bits per heavy atom. The van der Waals surface area contributed by atoms with Crippen molar-refractivity contribution >= 4 is 14.3 Å². The van der Waals surface area contributed by atoms with Crippen molar-refractivity contribution in [1.29, 1.82) is 0 Å². The second kappa shape index (κ2) is 16.4. The Bertz CT molecular complexity index is 881. The van der Waals surface area contributed by atoms with Gasteiger partial charge in [0.25, 0.3) is 0 Å². The summed E-state index contributed by atoms with van der Waals surface area (Å²) in [7, 11) is -2.03. The number of hydrogen-bond acceptors (Lipinski definition) is 6. The lowest BCUT2D eigenvalue weighted by molar-refractivity contribution is -0.196. The molecule has 2 N–H and O–H groups in total. The number of ether oxygens (including phenoxy) is 3. The van der Waals surface area contributed by atoms with E-state index in [0.717, 1.165) is 70.1 Å². The van der Waals surface area contributed by atoms with Gasteiger partial charge in [-0.2, -0.15) is 0 Å². The SMILES string of the molecule is CC(C)(C)[Si](C)(C)OC(CC[C@H]1C(OC2CCCCO2)C[C@H](O)[C@@H]1CCCCCCC(=O)O)COc1ccccc1. The highest BCUT2D eigenvalue weighted by Gasteiger charge is 2.45. The highest BCUT2D eigenvalue weighted by Crippen LogP contribution is 2.43. The number of aliphatic hydroxyl groups excluding tert-OH is 1. The van der Waals surface area contributed by atoms with E-state index in [9.17, 15) is 9.90 Å². The number of benzene rings is 1. The van der Waals surface area contributed by atoms with E-state index in [1.165, 1.54) is 0 Å². The number of carboxylic acid groups (broad SMARTS) is 1. The molecule has 0 bridgehead atoms. The molecular formula is C33H56O7Si. The number of unbranched alkanes of at least 4 members (excludes halogenated alkanes) is 3. The van der Waals surface area contributed by atoms with Crippen molar-refractivity contribution in [3.63, 3.8) is 0 Å². The fourth-order valence-corrected chi connectivity index (χ4v) is 7.36. The molecule has 1 saturated heterocycles. The molecule has 3 rings (SSSR count). The van der Waals surface area contributed by atoms with E-state index in [-0.39, 0.29) is 41.8 Å². The van der Waals surface area contributed by atoms with Crippen molar-refractivity contribution in [3.8, 4) is 5.75 Å². The fourth-order valence-electron chi connectivity index (χ4n) is 5.99. The molecule has 0 radical (unpaired) electrons. The second-order valence-electron chi connectivity index (χ2n) is 13.6. The molecule has 0 aromatic heterocycles. The molecule has 1 aromatic carbocycles. The lowest BCUT2D eigenvalue weighted by Gasteiger charge is -2.40. The van der Waals surface area contributed by atoms with Crippen LogP contribution in [-0.4, -0.2) is 62.3 Å². The smallest absolute Gasteiger partial charge is 0.303 e. The van der Waals surface area contributed by atoms with Gasteiger partial charge < -0.3 is 28.8 Å². The standard InChI is InChI=1S/C33H56O7Si/c1-33(2,3)41(4,5)40-26(24-38-25-15-9-8-10-16-25)20-21-28-27(17-11-6-7-12-18-31(35)36)29(34)23-30(28)39-32-19-13-14-22-37-32/h8-10,15-16,26-30,32,34H,6-7,11-14,17-24H2,1-5H3,(H,35,36)/t26?,27-,28-,29+,30?,32?/m1/s1. The maximum Gasteiger partial charge on any atom is 0.303 e. The second-order valence-corrected chi connectivity index (χ2v) is 18.4. The minimum atomic E-state index is -2.03. The van der Waals surface area contributed by atoms with Crippen LogP contribution in [0.15, 0.2) is 30.3 Å². The molecule has 41 heavy (non-hydrogen) atoms. The van der Waals surface area contributed by atoms with Crippen molar-refractivity contribution in [2.45, 2.75) is 141 Å². The first-order chi connectivity index (χ1) is 19.5. The van der Waals surface area contributed by atoms with Crippen molar-refractivity contribution in [1.82, 2.24) is 0 Å². The topological polar surface area (TPSA) is 94.5 Å². The maximum absolute atomic E-state index is 11.2. The van der Waals surface area contributed by atoms with Gasteiger partial charge >= 0.3 is 5.97 Å². The minimum Gasteiger partial charge on any atom is -0.491 e. The number of hydrogen-bond donors (Lipinski definition) is 2. The number of aliphatic hydroxyl groups is 1. The molecule has 1 heterocycles. The minimum absolute atomic E-state index is 0.0336. The van der Waals surface area contributed by atoms with Gasteiger partial charge in [-0.1, -0.05) is 58.2 Å². The zero-order chi connectivity index (χ0) is 29.9. The van der Waals surface area contributed by atoms with Gasteiger partial charge in [0, 0.05) is 19.4 Å². The molecular weight excluding hydrogens is 536 g/mol. The molecule has 234 valence electrons. The van der Waals surface area contributed by atoms with E-state index < -0.39 is 20.4 Å². The normalized spacial score (nSPS) is 26.1. The van der Waals surface area contributed by atoms with Gasteiger partial charge in [-0.3, -0.25) is 4.79 Å². The van der Waals surface area contributed by atoms with Crippen LogP contribution in [0.1, 0.15) is 97.8 Å². The average Bonchev–Trinajstić information content (AvgIpc) is 3.21. The molecule has 6 atom stereocenters. The first-order valence-electron chi connectivity index (χ1n) is 16.0. The Balaban J connectivity index is 1.68. The third-order valence-electron chi connectivity index (χ3n) is 9.41. The first-order valence-corrected chi connectivity index (χ1v) is 18.9.